The summed E-state index contributed by atoms with van der Waals surface area (Å²) in [6.45, 7) is 2.68. The lowest BCUT2D eigenvalue weighted by atomic mass is 9.99. The van der Waals surface area contributed by atoms with Crippen LogP contribution in [0.2, 0.25) is 0 Å². The fourth-order valence-electron chi connectivity index (χ4n) is 1.16. The van der Waals surface area contributed by atoms with E-state index < -0.39 is 0 Å². The second kappa shape index (κ2) is 6.75. The van der Waals surface area contributed by atoms with E-state index in [2.05, 4.69) is 10.6 Å². The monoisotopic (exact) mass is 204 g/mol. The molecule has 0 heterocycles. The number of nitrogens with one attached hydrogen (secondary N) is 2. The highest BCUT2D eigenvalue weighted by molar-refractivity contribution is 5.77. The third kappa shape index (κ3) is 5.16. The number of aliphatic hydroxyl groups is 1. The van der Waals surface area contributed by atoms with E-state index in [1.54, 1.807) is 14.2 Å². The van der Waals surface area contributed by atoms with Gasteiger partial charge in [0.05, 0.1) is 13.2 Å². The first-order chi connectivity index (χ1) is 6.58. The lowest BCUT2D eigenvalue weighted by Gasteiger charge is -2.29. The lowest BCUT2D eigenvalue weighted by molar-refractivity contribution is -0.120. The molecule has 3 N–H and O–H groups in total. The third-order valence-corrected chi connectivity index (χ3v) is 2.08. The number of aliphatic hydroxyl groups excluding tert-OH is 1. The van der Waals surface area contributed by atoms with E-state index in [4.69, 9.17) is 9.84 Å². The number of hydrogen-bond donors (Lipinski definition) is 3. The van der Waals surface area contributed by atoms with Gasteiger partial charge in [0.25, 0.3) is 0 Å². The van der Waals surface area contributed by atoms with E-state index >= 15 is 0 Å². The number of rotatable bonds is 7. The Bertz CT molecular complexity index is 167. The van der Waals surface area contributed by atoms with Crippen LogP contribution in [-0.2, 0) is 9.53 Å². The molecule has 0 saturated carbocycles. The number of amides is 1. The Labute approximate surface area is 84.8 Å². The molecule has 1 atom stereocenters. The number of carbonyl (C=O) groups excluding carboxylic acids is 1. The minimum Gasteiger partial charge on any atom is -0.396 e. The molecule has 0 fully saturated rings. The van der Waals surface area contributed by atoms with Gasteiger partial charge in [-0.05, 0) is 13.3 Å². The van der Waals surface area contributed by atoms with Crippen LogP contribution in [0.4, 0.5) is 0 Å². The summed E-state index contributed by atoms with van der Waals surface area (Å²) in [5.41, 5.74) is -0.351. The predicted octanol–water partition coefficient (Wildman–Crippen LogP) is -0.890. The first-order valence-corrected chi connectivity index (χ1v) is 4.63. The standard InChI is InChI=1S/C9H20N2O3/c1-9(4-5-12,7-14-3)11-6-8(13)10-2/h11-12H,4-7H2,1-3H3,(H,10,13)/t9-/m0/s1. The molecule has 0 bridgehead atoms. The van der Waals surface area contributed by atoms with Crippen molar-refractivity contribution < 1.29 is 14.6 Å². The summed E-state index contributed by atoms with van der Waals surface area (Å²) in [6, 6.07) is 0. The van der Waals surface area contributed by atoms with E-state index in [-0.39, 0.29) is 24.6 Å². The number of methoxy groups -OCH3 is 1. The Balaban J connectivity index is 4.01. The summed E-state index contributed by atoms with van der Waals surface area (Å²) < 4.78 is 5.02. The molecule has 0 aliphatic carbocycles. The highest BCUT2D eigenvalue weighted by Gasteiger charge is 2.23. The third-order valence-electron chi connectivity index (χ3n) is 2.08. The number of hydrogen-bond acceptors (Lipinski definition) is 4. The highest BCUT2D eigenvalue weighted by atomic mass is 16.5. The fourth-order valence-corrected chi connectivity index (χ4v) is 1.16. The van der Waals surface area contributed by atoms with Crippen molar-refractivity contribution in [2.45, 2.75) is 18.9 Å². The highest BCUT2D eigenvalue weighted by Crippen LogP contribution is 2.08. The molecule has 84 valence electrons. The summed E-state index contributed by atoms with van der Waals surface area (Å²) in [4.78, 5) is 11.0. The molecule has 0 aliphatic heterocycles. The molecule has 0 aromatic carbocycles. The number of ether oxygens (including phenoxy) is 1. The maximum Gasteiger partial charge on any atom is 0.233 e. The molecule has 0 unspecified atom stereocenters. The fraction of sp³-hybridized carbons (Fsp3) is 0.889. The summed E-state index contributed by atoms with van der Waals surface area (Å²) in [5.74, 6) is -0.0785. The van der Waals surface area contributed by atoms with Gasteiger partial charge in [0.1, 0.15) is 0 Å². The Morgan fingerprint density at radius 3 is 2.64 bits per heavy atom. The van der Waals surface area contributed by atoms with Crippen LogP contribution in [0.15, 0.2) is 0 Å². The van der Waals surface area contributed by atoms with E-state index in [0.717, 1.165) is 0 Å². The summed E-state index contributed by atoms with van der Waals surface area (Å²) >= 11 is 0. The zero-order valence-corrected chi connectivity index (χ0v) is 9.09. The second-order valence-electron chi connectivity index (χ2n) is 3.49. The quantitative estimate of drug-likeness (QED) is 0.503. The average Bonchev–Trinajstić information content (AvgIpc) is 2.15. The average molecular weight is 204 g/mol. The predicted molar refractivity (Wildman–Crippen MR) is 54.1 cm³/mol. The topological polar surface area (TPSA) is 70.6 Å². The summed E-state index contributed by atoms with van der Waals surface area (Å²) in [6.07, 6.45) is 0.553. The van der Waals surface area contributed by atoms with Gasteiger partial charge in [0.2, 0.25) is 5.91 Å². The molecule has 0 aliphatic rings. The minimum absolute atomic E-state index is 0.0700. The van der Waals surface area contributed by atoms with Crippen molar-refractivity contribution in [3.05, 3.63) is 0 Å². The Morgan fingerprint density at radius 2 is 2.21 bits per heavy atom. The van der Waals surface area contributed by atoms with Gasteiger partial charge in [-0.25, -0.2) is 0 Å². The number of carbonyl (C=O) groups is 1. The van der Waals surface area contributed by atoms with E-state index in [1.165, 1.54) is 0 Å². The van der Waals surface area contributed by atoms with Gasteiger partial charge in [0.15, 0.2) is 0 Å². The minimum atomic E-state index is -0.351. The maximum absolute atomic E-state index is 11.0. The Kier molecular flexibility index (Phi) is 6.44. The molecule has 0 radical (unpaired) electrons. The van der Waals surface area contributed by atoms with Gasteiger partial charge < -0.3 is 20.5 Å². The van der Waals surface area contributed by atoms with Crippen LogP contribution in [0.5, 0.6) is 0 Å². The van der Waals surface area contributed by atoms with E-state index in [0.29, 0.717) is 13.0 Å². The van der Waals surface area contributed by atoms with Gasteiger partial charge in [0, 0.05) is 26.3 Å². The van der Waals surface area contributed by atoms with Gasteiger partial charge in [-0.3, -0.25) is 4.79 Å². The van der Waals surface area contributed by atoms with Crippen molar-refractivity contribution in [2.24, 2.45) is 0 Å². The van der Waals surface area contributed by atoms with Crippen molar-refractivity contribution >= 4 is 5.91 Å². The van der Waals surface area contributed by atoms with Crippen molar-refractivity contribution in [3.8, 4) is 0 Å². The van der Waals surface area contributed by atoms with Crippen molar-refractivity contribution in [1.29, 1.82) is 0 Å². The van der Waals surface area contributed by atoms with Crippen LogP contribution in [0, 0.1) is 0 Å². The summed E-state index contributed by atoms with van der Waals surface area (Å²) in [5, 5.41) is 14.4. The van der Waals surface area contributed by atoms with Crippen LogP contribution in [0.25, 0.3) is 0 Å². The van der Waals surface area contributed by atoms with Crippen LogP contribution < -0.4 is 10.6 Å². The molecule has 0 rings (SSSR count). The van der Waals surface area contributed by atoms with Crippen LogP contribution in [0.1, 0.15) is 13.3 Å². The summed E-state index contributed by atoms with van der Waals surface area (Å²) in [7, 11) is 3.18. The van der Waals surface area contributed by atoms with Crippen molar-refractivity contribution in [3.63, 3.8) is 0 Å². The van der Waals surface area contributed by atoms with Crippen LogP contribution in [0.3, 0.4) is 0 Å². The number of likely N-dealkylation sites (N-methyl/N-ethyl adjacent to an activating group) is 1. The zero-order valence-electron chi connectivity index (χ0n) is 9.09. The lowest BCUT2D eigenvalue weighted by Crippen LogP contribution is -2.50. The maximum atomic E-state index is 11.0. The molecule has 1 amide bonds. The van der Waals surface area contributed by atoms with Crippen molar-refractivity contribution in [1.82, 2.24) is 10.6 Å². The van der Waals surface area contributed by atoms with Gasteiger partial charge in [-0.15, -0.1) is 0 Å². The Hall–Kier alpha value is -0.650. The normalized spacial score (nSPS) is 14.9. The smallest absolute Gasteiger partial charge is 0.233 e. The molecule has 0 aromatic rings. The first kappa shape index (κ1) is 13.4. The molecule has 0 saturated heterocycles. The SMILES string of the molecule is CNC(=O)CN[C@@](C)(CCO)COC. The van der Waals surface area contributed by atoms with Crippen LogP contribution in [-0.4, -0.2) is 50.5 Å². The van der Waals surface area contributed by atoms with Crippen molar-refractivity contribution in [2.75, 3.05) is 33.9 Å². The largest absolute Gasteiger partial charge is 0.396 e. The zero-order chi connectivity index (χ0) is 11.0. The molecule has 0 spiro atoms. The van der Waals surface area contributed by atoms with Crippen LogP contribution >= 0.6 is 0 Å². The second-order valence-corrected chi connectivity index (χ2v) is 3.49. The van der Waals surface area contributed by atoms with Gasteiger partial charge in [-0.1, -0.05) is 0 Å². The van der Waals surface area contributed by atoms with Gasteiger partial charge >= 0.3 is 0 Å². The molecule has 5 nitrogen and oxygen atoms in total. The Morgan fingerprint density at radius 1 is 1.57 bits per heavy atom. The molecule has 0 aromatic heterocycles. The molecular weight excluding hydrogens is 184 g/mol. The van der Waals surface area contributed by atoms with Gasteiger partial charge in [-0.2, -0.15) is 0 Å². The molecule has 5 heteroatoms. The van der Waals surface area contributed by atoms with E-state index in [1.807, 2.05) is 6.92 Å². The molecular formula is C9H20N2O3. The van der Waals surface area contributed by atoms with E-state index in [9.17, 15) is 4.79 Å². The molecule has 14 heavy (non-hydrogen) atoms. The first-order valence-electron chi connectivity index (χ1n) is 4.63.